The number of rotatable bonds is 9. The van der Waals surface area contributed by atoms with Gasteiger partial charge in [0.25, 0.3) is 0 Å². The molecule has 0 amide bonds. The zero-order valence-corrected chi connectivity index (χ0v) is 44.6. The average Bonchev–Trinajstić information content (AvgIpc) is 4.09. The van der Waals surface area contributed by atoms with Crippen molar-refractivity contribution in [3.05, 3.63) is 301 Å². The summed E-state index contributed by atoms with van der Waals surface area (Å²) in [5.74, 6) is 0. The molecule has 0 spiro atoms. The van der Waals surface area contributed by atoms with E-state index in [0.29, 0.717) is 0 Å². The lowest BCUT2D eigenvalue weighted by molar-refractivity contribution is 0.660. The largest absolute Gasteiger partial charge is 0.0622 e. The van der Waals surface area contributed by atoms with Gasteiger partial charge in [0, 0.05) is 10.8 Å². The van der Waals surface area contributed by atoms with Gasteiger partial charge in [0.05, 0.1) is 0 Å². The smallest absolute Gasteiger partial charge is 0.0159 e. The molecule has 0 radical (unpaired) electrons. The summed E-state index contributed by atoms with van der Waals surface area (Å²) < 4.78 is 0. The molecule has 0 unspecified atom stereocenters. The molecular weight excluding hydrogens is 937 g/mol. The van der Waals surface area contributed by atoms with Crippen molar-refractivity contribution in [1.29, 1.82) is 0 Å². The van der Waals surface area contributed by atoms with Gasteiger partial charge in [-0.2, -0.15) is 0 Å². The highest BCUT2D eigenvalue weighted by Gasteiger charge is 2.37. The molecule has 0 saturated carbocycles. The summed E-state index contributed by atoms with van der Waals surface area (Å²) in [6.45, 7) is 9.57. The molecule has 0 aromatic heterocycles. The summed E-state index contributed by atoms with van der Waals surface area (Å²) >= 11 is 0. The molecule has 0 nitrogen and oxygen atoms in total. The molecule has 0 aliphatic heterocycles. The third kappa shape index (κ3) is 8.07. The van der Waals surface area contributed by atoms with Crippen molar-refractivity contribution in [3.8, 4) is 122 Å². The molecular formula is C78H58. The van der Waals surface area contributed by atoms with Crippen LogP contribution in [0.1, 0.15) is 49.9 Å². The van der Waals surface area contributed by atoms with E-state index >= 15 is 0 Å². The van der Waals surface area contributed by atoms with Crippen LogP contribution in [0, 0.1) is 0 Å². The molecule has 2 aliphatic rings. The standard InChI is InChI=1S/C78H58/c1-77(2)73-47-61(35-41-67(73)69-43-37-63(49-75(69)77)71-45-59(51-17-9-5-10-18-51)33-39-65(71)57-21-13-7-14-22-57)55-29-25-53(26-30-55)54-27-31-56(32-28-54)62-36-42-68-70-44-38-64(50-76(70)78(3,4)74(68)48-62)72-46-60(52-19-11-6-12-20-52)34-40-66(72)58-23-15-8-16-24-58/h5-50H,1-4H3. The summed E-state index contributed by atoms with van der Waals surface area (Å²) in [6, 6.07) is 104. The highest BCUT2D eigenvalue weighted by molar-refractivity contribution is 5.93. The van der Waals surface area contributed by atoms with Crippen LogP contribution in [0.15, 0.2) is 279 Å². The third-order valence-electron chi connectivity index (χ3n) is 17.2. The van der Waals surface area contributed by atoms with E-state index in [2.05, 4.69) is 307 Å². The maximum absolute atomic E-state index is 2.46. The highest BCUT2D eigenvalue weighted by atomic mass is 14.4. The Morgan fingerprint density at radius 2 is 0.359 bits per heavy atom. The van der Waals surface area contributed by atoms with Crippen LogP contribution in [0.5, 0.6) is 0 Å². The Morgan fingerprint density at radius 3 is 0.667 bits per heavy atom. The molecule has 2 aliphatic carbocycles. The van der Waals surface area contributed by atoms with Gasteiger partial charge in [0.2, 0.25) is 0 Å². The van der Waals surface area contributed by atoms with Crippen LogP contribution in [0.3, 0.4) is 0 Å². The van der Waals surface area contributed by atoms with Gasteiger partial charge in [-0.1, -0.05) is 270 Å². The van der Waals surface area contributed by atoms with Gasteiger partial charge < -0.3 is 0 Å². The monoisotopic (exact) mass is 994 g/mol. The van der Waals surface area contributed by atoms with Crippen molar-refractivity contribution in [2.75, 3.05) is 0 Å². The molecule has 0 fully saturated rings. The first kappa shape index (κ1) is 47.1. The van der Waals surface area contributed by atoms with E-state index in [1.165, 1.54) is 145 Å². The maximum Gasteiger partial charge on any atom is 0.0159 e. The van der Waals surface area contributed by atoms with Crippen LogP contribution >= 0.6 is 0 Å². The Labute approximate surface area is 459 Å². The second-order valence-corrected chi connectivity index (χ2v) is 22.4. The molecule has 78 heavy (non-hydrogen) atoms. The average molecular weight is 995 g/mol. The second kappa shape index (κ2) is 18.7. The summed E-state index contributed by atoms with van der Waals surface area (Å²) in [5, 5.41) is 0. The molecule has 0 N–H and O–H groups in total. The minimum absolute atomic E-state index is 0.173. The molecule has 0 atom stereocenters. The van der Waals surface area contributed by atoms with E-state index in [0.717, 1.165) is 0 Å². The highest BCUT2D eigenvalue weighted by Crippen LogP contribution is 2.53. The van der Waals surface area contributed by atoms with Crippen LogP contribution in [-0.4, -0.2) is 0 Å². The number of hydrogen-bond acceptors (Lipinski definition) is 0. The van der Waals surface area contributed by atoms with Crippen LogP contribution in [0.2, 0.25) is 0 Å². The predicted molar refractivity (Wildman–Crippen MR) is 330 cm³/mol. The Kier molecular flexibility index (Phi) is 11.3. The summed E-state index contributed by atoms with van der Waals surface area (Å²) in [4.78, 5) is 0. The van der Waals surface area contributed by atoms with Crippen molar-refractivity contribution < 1.29 is 0 Å². The Morgan fingerprint density at radius 1 is 0.154 bits per heavy atom. The second-order valence-electron chi connectivity index (χ2n) is 22.4. The zero-order valence-electron chi connectivity index (χ0n) is 44.6. The van der Waals surface area contributed by atoms with Gasteiger partial charge >= 0.3 is 0 Å². The van der Waals surface area contributed by atoms with Crippen LogP contribution in [0.25, 0.3) is 122 Å². The summed E-state index contributed by atoms with van der Waals surface area (Å²) in [7, 11) is 0. The Hall–Kier alpha value is -9.36. The lowest BCUT2D eigenvalue weighted by atomic mass is 9.80. The van der Waals surface area contributed by atoms with E-state index in [4.69, 9.17) is 0 Å². The van der Waals surface area contributed by atoms with Gasteiger partial charge in [0.15, 0.2) is 0 Å². The maximum atomic E-state index is 2.46. The first-order chi connectivity index (χ1) is 38.2. The molecule has 12 aromatic carbocycles. The predicted octanol–water partition coefficient (Wildman–Crippen LogP) is 21.3. The SMILES string of the molecule is CC1(C)c2cc(-c3ccc(-c4ccc(-c5ccc6c(c5)C(C)(C)c5cc(-c7cc(-c8ccccc8)ccc7-c7ccccc7)ccc5-6)cc4)cc3)ccc2-c2ccc(-c3cc(-c4ccccc4)ccc3-c3ccccc3)cc21. The Bertz CT molecular complexity index is 3960. The molecule has 0 heterocycles. The number of hydrogen-bond donors (Lipinski definition) is 0. The Balaban J connectivity index is 0.714. The van der Waals surface area contributed by atoms with Crippen molar-refractivity contribution in [3.63, 3.8) is 0 Å². The molecule has 370 valence electrons. The van der Waals surface area contributed by atoms with E-state index in [1.54, 1.807) is 0 Å². The van der Waals surface area contributed by atoms with Gasteiger partial charge in [-0.3, -0.25) is 0 Å². The first-order valence-corrected chi connectivity index (χ1v) is 27.5. The molecule has 14 rings (SSSR count). The van der Waals surface area contributed by atoms with Gasteiger partial charge in [0.1, 0.15) is 0 Å². The quantitative estimate of drug-likeness (QED) is 0.135. The first-order valence-electron chi connectivity index (χ1n) is 27.5. The minimum Gasteiger partial charge on any atom is -0.0622 e. The lowest BCUT2D eigenvalue weighted by Crippen LogP contribution is -2.15. The zero-order chi connectivity index (χ0) is 52.5. The molecule has 12 aromatic rings. The van der Waals surface area contributed by atoms with Crippen molar-refractivity contribution in [2.24, 2.45) is 0 Å². The fraction of sp³-hybridized carbons (Fsp3) is 0.0769. The number of fused-ring (bicyclic) bond motifs is 6. The summed E-state index contributed by atoms with van der Waals surface area (Å²) in [6.07, 6.45) is 0. The van der Waals surface area contributed by atoms with Gasteiger partial charge in [-0.15, -0.1) is 0 Å². The van der Waals surface area contributed by atoms with Crippen molar-refractivity contribution in [2.45, 2.75) is 38.5 Å². The van der Waals surface area contributed by atoms with Gasteiger partial charge in [-0.25, -0.2) is 0 Å². The van der Waals surface area contributed by atoms with E-state index in [9.17, 15) is 0 Å². The van der Waals surface area contributed by atoms with Crippen LogP contribution < -0.4 is 0 Å². The fourth-order valence-electron chi connectivity index (χ4n) is 12.8. The van der Waals surface area contributed by atoms with E-state index in [1.807, 2.05) is 0 Å². The molecule has 0 saturated heterocycles. The molecule has 0 bridgehead atoms. The number of benzene rings is 12. The molecule has 0 heteroatoms. The van der Waals surface area contributed by atoms with Crippen molar-refractivity contribution in [1.82, 2.24) is 0 Å². The minimum atomic E-state index is -0.173. The summed E-state index contributed by atoms with van der Waals surface area (Å²) in [5.41, 5.74) is 32.6. The lowest BCUT2D eigenvalue weighted by Gasteiger charge is -2.23. The fourth-order valence-corrected chi connectivity index (χ4v) is 12.8. The topological polar surface area (TPSA) is 0 Å². The van der Waals surface area contributed by atoms with E-state index < -0.39 is 0 Å². The van der Waals surface area contributed by atoms with Crippen molar-refractivity contribution >= 4 is 0 Å². The van der Waals surface area contributed by atoms with Gasteiger partial charge in [-0.05, 0) is 181 Å². The third-order valence-corrected chi connectivity index (χ3v) is 17.2. The van der Waals surface area contributed by atoms with E-state index in [-0.39, 0.29) is 10.8 Å². The van der Waals surface area contributed by atoms with Crippen LogP contribution in [-0.2, 0) is 10.8 Å². The van der Waals surface area contributed by atoms with Crippen LogP contribution in [0.4, 0.5) is 0 Å². The normalized spacial score (nSPS) is 13.3.